The summed E-state index contributed by atoms with van der Waals surface area (Å²) in [6, 6.07) is 6.34. The largest absolute Gasteiger partial charge is 0.462 e. The first-order valence-corrected chi connectivity index (χ1v) is 9.13. The average molecular weight is 406 g/mol. The average Bonchev–Trinajstić information content (AvgIpc) is 3.27. The molecular formula is C18H13F3N4O2S. The Balaban J connectivity index is 1.70. The predicted octanol–water partition coefficient (Wildman–Crippen LogP) is 3.20. The molecule has 0 radical (unpaired) electrons. The van der Waals surface area contributed by atoms with Crippen LogP contribution in [0.2, 0.25) is 0 Å². The van der Waals surface area contributed by atoms with Crippen LogP contribution >= 0.6 is 11.3 Å². The summed E-state index contributed by atoms with van der Waals surface area (Å²) in [5.41, 5.74) is 3.50. The van der Waals surface area contributed by atoms with E-state index in [0.717, 1.165) is 23.5 Å². The Morgan fingerprint density at radius 2 is 2.25 bits per heavy atom. The van der Waals surface area contributed by atoms with Crippen LogP contribution < -0.4 is 11.1 Å². The van der Waals surface area contributed by atoms with Crippen LogP contribution in [0.3, 0.4) is 0 Å². The first-order valence-electron chi connectivity index (χ1n) is 8.25. The number of halogens is 3. The molecule has 1 unspecified atom stereocenters. The van der Waals surface area contributed by atoms with Crippen molar-refractivity contribution in [2.24, 2.45) is 16.6 Å². The lowest BCUT2D eigenvalue weighted by Crippen LogP contribution is -2.43. The van der Waals surface area contributed by atoms with Gasteiger partial charge in [0.15, 0.2) is 5.54 Å². The Morgan fingerprint density at radius 3 is 2.93 bits per heavy atom. The first-order chi connectivity index (χ1) is 13.3. The van der Waals surface area contributed by atoms with Crippen molar-refractivity contribution in [2.75, 3.05) is 5.32 Å². The Bertz CT molecular complexity index is 1030. The van der Waals surface area contributed by atoms with E-state index in [1.165, 1.54) is 17.5 Å². The molecule has 1 aromatic carbocycles. The lowest BCUT2D eigenvalue weighted by atomic mass is 9.84. The molecule has 4 rings (SSSR count). The van der Waals surface area contributed by atoms with Crippen LogP contribution in [0.4, 0.5) is 18.9 Å². The molecule has 1 amide bonds. The smallest absolute Gasteiger partial charge is 0.283 e. The van der Waals surface area contributed by atoms with Gasteiger partial charge < -0.3 is 15.8 Å². The highest BCUT2D eigenvalue weighted by Gasteiger charge is 2.64. The zero-order chi connectivity index (χ0) is 20.1. The highest BCUT2D eigenvalue weighted by molar-refractivity contribution is 7.12. The van der Waals surface area contributed by atoms with Crippen LogP contribution in [0.1, 0.15) is 27.2 Å². The molecule has 6 nitrogen and oxygen atoms in total. The number of benzene rings is 1. The fraction of sp³-hybridized carbons (Fsp3) is 0.278. The van der Waals surface area contributed by atoms with Gasteiger partial charge in [0, 0.05) is 22.5 Å². The van der Waals surface area contributed by atoms with E-state index in [1.54, 1.807) is 0 Å². The number of thiophene rings is 1. The van der Waals surface area contributed by atoms with Gasteiger partial charge in [-0.3, -0.25) is 4.79 Å². The second-order valence-electron chi connectivity index (χ2n) is 6.53. The second-order valence-corrected chi connectivity index (χ2v) is 7.45. The SMILES string of the molecule is N#Cc1csc(C(=O)Nc2ccc(F)c([C@@]3(C(F)F)N=C(N)O[C@@H]4CC43)c2)c1. The van der Waals surface area contributed by atoms with Crippen LogP contribution in [-0.2, 0) is 10.3 Å². The third-order valence-corrected chi connectivity index (χ3v) is 5.73. The van der Waals surface area contributed by atoms with E-state index < -0.39 is 41.7 Å². The van der Waals surface area contributed by atoms with E-state index >= 15 is 0 Å². The van der Waals surface area contributed by atoms with Gasteiger partial charge in [-0.15, -0.1) is 11.3 Å². The number of ether oxygens (including phenoxy) is 1. The van der Waals surface area contributed by atoms with Crippen molar-refractivity contribution in [1.82, 2.24) is 0 Å². The normalized spacial score (nSPS) is 25.3. The molecule has 3 N–H and O–H groups in total. The zero-order valence-electron chi connectivity index (χ0n) is 14.2. The van der Waals surface area contributed by atoms with E-state index in [-0.39, 0.29) is 22.5 Å². The molecule has 2 aromatic rings. The fourth-order valence-corrected chi connectivity index (χ4v) is 4.14. The number of nitrogens with zero attached hydrogens (tertiary/aromatic N) is 2. The number of rotatable bonds is 4. The molecule has 1 saturated carbocycles. The number of fused-ring (bicyclic) bond motifs is 1. The van der Waals surface area contributed by atoms with Crippen molar-refractivity contribution in [1.29, 1.82) is 5.26 Å². The third kappa shape index (κ3) is 2.88. The summed E-state index contributed by atoms with van der Waals surface area (Å²) in [7, 11) is 0. The van der Waals surface area contributed by atoms with E-state index in [0.29, 0.717) is 5.56 Å². The maximum Gasteiger partial charge on any atom is 0.283 e. The summed E-state index contributed by atoms with van der Waals surface area (Å²) in [5, 5.41) is 12.9. The third-order valence-electron chi connectivity index (χ3n) is 4.81. The number of anilines is 1. The standard InChI is InChI=1S/C18H13F3N4O2S/c19-12-2-1-9(24-15(26)14-3-8(6-22)7-28-14)4-10(12)18(16(20)21)11-5-13(11)27-17(23)25-18/h1-4,7,11,13,16H,5H2,(H2,23,25)(H,24,26)/t11?,13-,18-/m1/s1. The van der Waals surface area contributed by atoms with E-state index in [9.17, 15) is 18.0 Å². The lowest BCUT2D eigenvalue weighted by molar-refractivity contribution is 0.0177. The van der Waals surface area contributed by atoms with Crippen LogP contribution in [0.5, 0.6) is 0 Å². The van der Waals surface area contributed by atoms with Gasteiger partial charge in [0.1, 0.15) is 18.0 Å². The Labute approximate surface area is 161 Å². The number of nitrogens with two attached hydrogens (primary N) is 1. The van der Waals surface area contributed by atoms with Gasteiger partial charge in [0.25, 0.3) is 18.4 Å². The Morgan fingerprint density at radius 1 is 1.46 bits per heavy atom. The number of amides is 1. The summed E-state index contributed by atoms with van der Waals surface area (Å²) in [6.45, 7) is 0. The topological polar surface area (TPSA) is 100 Å². The molecule has 28 heavy (non-hydrogen) atoms. The van der Waals surface area contributed by atoms with Gasteiger partial charge in [-0.1, -0.05) is 0 Å². The van der Waals surface area contributed by atoms with E-state index in [2.05, 4.69) is 10.3 Å². The molecule has 2 heterocycles. The van der Waals surface area contributed by atoms with Crippen LogP contribution in [0.25, 0.3) is 0 Å². The highest BCUT2D eigenvalue weighted by Crippen LogP contribution is 2.56. The summed E-state index contributed by atoms with van der Waals surface area (Å²) in [6.07, 6.45) is -3.25. The number of aliphatic imine (C=N–C) groups is 1. The molecule has 0 bridgehead atoms. The van der Waals surface area contributed by atoms with Gasteiger partial charge in [-0.2, -0.15) is 5.26 Å². The summed E-state index contributed by atoms with van der Waals surface area (Å²) in [4.78, 5) is 16.4. The van der Waals surface area contributed by atoms with Crippen molar-refractivity contribution >= 4 is 29.0 Å². The van der Waals surface area contributed by atoms with Gasteiger partial charge >= 0.3 is 0 Å². The van der Waals surface area contributed by atoms with Crippen LogP contribution in [0, 0.1) is 23.1 Å². The number of carbonyl (C=O) groups is 1. The van der Waals surface area contributed by atoms with Crippen molar-refractivity contribution in [3.05, 3.63) is 51.5 Å². The molecule has 3 atom stereocenters. The van der Waals surface area contributed by atoms with Gasteiger partial charge in [0.2, 0.25) is 0 Å². The molecule has 144 valence electrons. The summed E-state index contributed by atoms with van der Waals surface area (Å²) in [5.74, 6) is -2.10. The molecule has 1 aromatic heterocycles. The fourth-order valence-electron chi connectivity index (χ4n) is 3.42. The summed E-state index contributed by atoms with van der Waals surface area (Å²) >= 11 is 1.06. The quantitative estimate of drug-likeness (QED) is 0.814. The maximum absolute atomic E-state index is 14.6. The first kappa shape index (κ1) is 18.3. The van der Waals surface area contributed by atoms with Crippen molar-refractivity contribution in [2.45, 2.75) is 24.5 Å². The minimum absolute atomic E-state index is 0.130. The minimum atomic E-state index is -3.01. The predicted molar refractivity (Wildman–Crippen MR) is 95.7 cm³/mol. The minimum Gasteiger partial charge on any atom is -0.462 e. The molecule has 1 aliphatic carbocycles. The molecule has 10 heteroatoms. The number of hydrogen-bond acceptors (Lipinski definition) is 6. The van der Waals surface area contributed by atoms with Gasteiger partial charge in [-0.25, -0.2) is 18.2 Å². The monoisotopic (exact) mass is 406 g/mol. The molecule has 0 spiro atoms. The number of alkyl halides is 2. The van der Waals surface area contributed by atoms with Crippen molar-refractivity contribution in [3.8, 4) is 6.07 Å². The Kier molecular flexibility index (Phi) is 4.27. The lowest BCUT2D eigenvalue weighted by Gasteiger charge is -2.33. The number of nitrogens with one attached hydrogen (secondary N) is 1. The van der Waals surface area contributed by atoms with E-state index in [1.807, 2.05) is 6.07 Å². The van der Waals surface area contributed by atoms with Crippen molar-refractivity contribution < 1.29 is 22.7 Å². The van der Waals surface area contributed by atoms with E-state index in [4.69, 9.17) is 15.7 Å². The number of carbonyl (C=O) groups excluding carboxylic acids is 1. The maximum atomic E-state index is 14.6. The molecule has 1 aliphatic heterocycles. The van der Waals surface area contributed by atoms with Gasteiger partial charge in [-0.05, 0) is 30.7 Å². The number of amidine groups is 1. The van der Waals surface area contributed by atoms with Gasteiger partial charge in [0.05, 0.1) is 10.4 Å². The van der Waals surface area contributed by atoms with Crippen molar-refractivity contribution in [3.63, 3.8) is 0 Å². The highest BCUT2D eigenvalue weighted by atomic mass is 32.1. The Hall–Kier alpha value is -3.06. The summed E-state index contributed by atoms with van der Waals surface area (Å²) < 4.78 is 47.9. The zero-order valence-corrected chi connectivity index (χ0v) is 15.0. The van der Waals surface area contributed by atoms with Crippen LogP contribution in [-0.4, -0.2) is 24.5 Å². The molecular weight excluding hydrogens is 393 g/mol. The second kappa shape index (κ2) is 6.53. The number of hydrogen-bond donors (Lipinski definition) is 2. The van der Waals surface area contributed by atoms with Crippen LogP contribution in [0.15, 0.2) is 34.6 Å². The molecule has 1 fully saturated rings. The molecule has 0 saturated heterocycles. The molecule has 2 aliphatic rings. The number of nitriles is 1.